The van der Waals surface area contributed by atoms with Crippen LogP contribution < -0.4 is 10.0 Å². The molecule has 1 aliphatic carbocycles. The summed E-state index contributed by atoms with van der Waals surface area (Å²) in [5, 5.41) is 2.94. The summed E-state index contributed by atoms with van der Waals surface area (Å²) in [6, 6.07) is 17.9. The molecule has 3 aromatic rings. The number of halogens is 1. The highest BCUT2D eigenvalue weighted by molar-refractivity contribution is 7.92. The maximum atomic E-state index is 13.0. The highest BCUT2D eigenvalue weighted by Gasteiger charge is 2.23. The van der Waals surface area contributed by atoms with Crippen molar-refractivity contribution < 1.29 is 22.4 Å². The number of benzene rings is 3. The molecule has 0 heterocycles. The summed E-state index contributed by atoms with van der Waals surface area (Å²) in [5.74, 6) is -0.835. The first-order valence-electron chi connectivity index (χ1n) is 10.7. The predicted molar refractivity (Wildman–Crippen MR) is 126 cm³/mol. The molecule has 0 bridgehead atoms. The Morgan fingerprint density at radius 2 is 1.50 bits per heavy atom. The van der Waals surface area contributed by atoms with Crippen molar-refractivity contribution >= 4 is 27.5 Å². The van der Waals surface area contributed by atoms with Gasteiger partial charge in [0.2, 0.25) is 0 Å². The Labute approximate surface area is 197 Å². The number of amides is 2. The number of sulfonamides is 1. The number of carbonyl (C=O) groups excluding carboxylic acids is 2. The van der Waals surface area contributed by atoms with Gasteiger partial charge in [-0.1, -0.05) is 12.1 Å². The summed E-state index contributed by atoms with van der Waals surface area (Å²) in [5.41, 5.74) is 2.01. The molecule has 9 heteroatoms. The molecule has 1 fully saturated rings. The fraction of sp³-hybridized carbons (Fsp3) is 0.200. The van der Waals surface area contributed by atoms with Crippen LogP contribution in [0.5, 0.6) is 0 Å². The van der Waals surface area contributed by atoms with Gasteiger partial charge in [0.15, 0.2) is 0 Å². The minimum absolute atomic E-state index is 0.0175. The molecule has 176 valence electrons. The molecule has 3 aromatic carbocycles. The van der Waals surface area contributed by atoms with Crippen LogP contribution in [0, 0.1) is 5.82 Å². The minimum atomic E-state index is -3.88. The van der Waals surface area contributed by atoms with Gasteiger partial charge in [0, 0.05) is 36.4 Å². The van der Waals surface area contributed by atoms with E-state index in [1.54, 1.807) is 19.2 Å². The van der Waals surface area contributed by atoms with Crippen LogP contribution in [0.1, 0.15) is 39.1 Å². The molecule has 0 radical (unpaired) electrons. The van der Waals surface area contributed by atoms with Crippen molar-refractivity contribution in [3.63, 3.8) is 0 Å². The molecule has 2 N–H and O–H groups in total. The molecule has 0 atom stereocenters. The van der Waals surface area contributed by atoms with Crippen LogP contribution in [-0.4, -0.2) is 38.2 Å². The number of rotatable bonds is 8. The zero-order valence-electron chi connectivity index (χ0n) is 18.5. The first-order valence-corrected chi connectivity index (χ1v) is 12.2. The molecule has 7 nitrogen and oxygen atoms in total. The largest absolute Gasteiger partial charge is 0.349 e. The third kappa shape index (κ3) is 5.79. The topological polar surface area (TPSA) is 95.6 Å². The maximum absolute atomic E-state index is 13.0. The Kier molecular flexibility index (Phi) is 6.65. The van der Waals surface area contributed by atoms with E-state index in [0.717, 1.165) is 30.5 Å². The van der Waals surface area contributed by atoms with Gasteiger partial charge >= 0.3 is 0 Å². The average Bonchev–Trinajstić information content (AvgIpc) is 3.64. The van der Waals surface area contributed by atoms with Crippen LogP contribution in [0.2, 0.25) is 0 Å². The molecule has 0 spiro atoms. The number of carbonyl (C=O) groups is 2. The second kappa shape index (κ2) is 9.64. The van der Waals surface area contributed by atoms with Crippen molar-refractivity contribution in [3.05, 3.63) is 95.3 Å². The maximum Gasteiger partial charge on any atom is 0.261 e. The molecule has 0 aromatic heterocycles. The van der Waals surface area contributed by atoms with Gasteiger partial charge in [0.1, 0.15) is 5.82 Å². The van der Waals surface area contributed by atoms with Crippen molar-refractivity contribution in [1.82, 2.24) is 10.2 Å². The lowest BCUT2D eigenvalue weighted by atomic mass is 10.1. The van der Waals surface area contributed by atoms with Gasteiger partial charge < -0.3 is 10.2 Å². The van der Waals surface area contributed by atoms with Gasteiger partial charge in [-0.05, 0) is 79.1 Å². The van der Waals surface area contributed by atoms with Crippen LogP contribution in [0.4, 0.5) is 10.1 Å². The average molecular weight is 482 g/mol. The molecule has 0 saturated heterocycles. The van der Waals surface area contributed by atoms with Crippen LogP contribution in [-0.2, 0) is 16.6 Å². The Bertz CT molecular complexity index is 1290. The zero-order valence-corrected chi connectivity index (χ0v) is 19.3. The standard InChI is InChI=1S/C25H24FN3O4S/c1-29(16-17-2-4-18(5-3-17)24(30)27-21-12-13-21)25(31)19-6-14-23(15-7-19)34(32,33)28-22-10-8-20(26)9-11-22/h2-11,14-15,21,28H,12-13,16H2,1H3,(H,27,30). The number of anilines is 1. The van der Waals surface area contributed by atoms with Crippen LogP contribution >= 0.6 is 0 Å². The van der Waals surface area contributed by atoms with Crippen molar-refractivity contribution in [2.45, 2.75) is 30.3 Å². The normalized spacial score (nSPS) is 13.2. The SMILES string of the molecule is CN(Cc1ccc(C(=O)NC2CC2)cc1)C(=O)c1ccc(S(=O)(=O)Nc2ccc(F)cc2)cc1. The van der Waals surface area contributed by atoms with E-state index in [0.29, 0.717) is 17.7 Å². The summed E-state index contributed by atoms with van der Waals surface area (Å²) >= 11 is 0. The molecular weight excluding hydrogens is 457 g/mol. The van der Waals surface area contributed by atoms with Gasteiger partial charge in [0.05, 0.1) is 4.90 Å². The second-order valence-corrected chi connectivity index (χ2v) is 9.93. The molecular formula is C25H24FN3O4S. The molecule has 34 heavy (non-hydrogen) atoms. The van der Waals surface area contributed by atoms with Gasteiger partial charge in [-0.15, -0.1) is 0 Å². The first-order chi connectivity index (χ1) is 16.2. The van der Waals surface area contributed by atoms with Crippen molar-refractivity contribution in [3.8, 4) is 0 Å². The van der Waals surface area contributed by atoms with Crippen molar-refractivity contribution in [2.75, 3.05) is 11.8 Å². The first kappa shape index (κ1) is 23.4. The molecule has 4 rings (SSSR count). The Balaban J connectivity index is 1.37. The summed E-state index contributed by atoms with van der Waals surface area (Å²) in [4.78, 5) is 26.4. The van der Waals surface area contributed by atoms with E-state index in [4.69, 9.17) is 0 Å². The minimum Gasteiger partial charge on any atom is -0.349 e. The lowest BCUT2D eigenvalue weighted by Crippen LogP contribution is -2.27. The number of hydrogen-bond donors (Lipinski definition) is 2. The van der Waals surface area contributed by atoms with Crippen molar-refractivity contribution in [1.29, 1.82) is 0 Å². The molecule has 0 aliphatic heterocycles. The van der Waals surface area contributed by atoms with E-state index in [9.17, 15) is 22.4 Å². The predicted octanol–water partition coefficient (Wildman–Crippen LogP) is 3.79. The quantitative estimate of drug-likeness (QED) is 0.512. The van der Waals surface area contributed by atoms with Crippen LogP contribution in [0.3, 0.4) is 0 Å². The summed E-state index contributed by atoms with van der Waals surface area (Å²) in [6.07, 6.45) is 2.04. The van der Waals surface area contributed by atoms with E-state index in [1.165, 1.54) is 41.3 Å². The Morgan fingerprint density at radius 3 is 2.09 bits per heavy atom. The summed E-state index contributed by atoms with van der Waals surface area (Å²) in [7, 11) is -2.23. The second-order valence-electron chi connectivity index (χ2n) is 8.24. The highest BCUT2D eigenvalue weighted by Crippen LogP contribution is 2.20. The van der Waals surface area contributed by atoms with Gasteiger partial charge in [-0.2, -0.15) is 0 Å². The van der Waals surface area contributed by atoms with Crippen LogP contribution in [0.25, 0.3) is 0 Å². The van der Waals surface area contributed by atoms with E-state index >= 15 is 0 Å². The molecule has 2 amide bonds. The monoisotopic (exact) mass is 481 g/mol. The van der Waals surface area contributed by atoms with E-state index in [1.807, 2.05) is 12.1 Å². The Hall–Kier alpha value is -3.72. The fourth-order valence-electron chi connectivity index (χ4n) is 3.33. The third-order valence-corrected chi connectivity index (χ3v) is 6.80. The zero-order chi connectivity index (χ0) is 24.3. The van der Waals surface area contributed by atoms with E-state index in [-0.39, 0.29) is 28.4 Å². The van der Waals surface area contributed by atoms with Gasteiger partial charge in [-0.3, -0.25) is 14.3 Å². The Morgan fingerprint density at radius 1 is 0.912 bits per heavy atom. The summed E-state index contributed by atoms with van der Waals surface area (Å²) in [6.45, 7) is 0.329. The molecule has 0 unspecified atom stereocenters. The highest BCUT2D eigenvalue weighted by atomic mass is 32.2. The fourth-order valence-corrected chi connectivity index (χ4v) is 4.39. The summed E-state index contributed by atoms with van der Waals surface area (Å²) < 4.78 is 40.5. The number of hydrogen-bond acceptors (Lipinski definition) is 4. The van der Waals surface area contributed by atoms with Gasteiger partial charge in [0.25, 0.3) is 21.8 Å². The van der Waals surface area contributed by atoms with E-state index in [2.05, 4.69) is 10.0 Å². The number of nitrogens with one attached hydrogen (secondary N) is 2. The van der Waals surface area contributed by atoms with Gasteiger partial charge in [-0.25, -0.2) is 12.8 Å². The third-order valence-electron chi connectivity index (χ3n) is 5.40. The number of nitrogens with zero attached hydrogens (tertiary/aromatic N) is 1. The molecule has 1 aliphatic rings. The molecule has 1 saturated carbocycles. The lowest BCUT2D eigenvalue weighted by molar-refractivity contribution is 0.0784. The van der Waals surface area contributed by atoms with E-state index < -0.39 is 15.8 Å². The lowest BCUT2D eigenvalue weighted by Gasteiger charge is -2.18. The van der Waals surface area contributed by atoms with Crippen molar-refractivity contribution in [2.24, 2.45) is 0 Å². The smallest absolute Gasteiger partial charge is 0.261 e. The van der Waals surface area contributed by atoms with Crippen LogP contribution in [0.15, 0.2) is 77.7 Å².